The molecule has 0 fully saturated rings. The number of ether oxygens (including phenoxy) is 3. The third kappa shape index (κ3) is 3.89. The Morgan fingerprint density at radius 2 is 1.75 bits per heavy atom. The van der Waals surface area contributed by atoms with Crippen LogP contribution in [0.3, 0.4) is 0 Å². The van der Waals surface area contributed by atoms with Crippen molar-refractivity contribution < 1.29 is 28.7 Å². The molecule has 1 aliphatic heterocycles. The number of esters is 1. The van der Waals surface area contributed by atoms with E-state index in [1.165, 1.54) is 12.7 Å². The van der Waals surface area contributed by atoms with Crippen LogP contribution in [0.4, 0.5) is 5.69 Å². The normalized spacial score (nSPS) is 16.2. The van der Waals surface area contributed by atoms with Crippen molar-refractivity contribution >= 4 is 28.5 Å². The van der Waals surface area contributed by atoms with Gasteiger partial charge in [-0.2, -0.15) is 0 Å². The number of nitrogens with one attached hydrogen (secondary N) is 3. The number of hydrogen-bond donors (Lipinski definition) is 3. The number of quaternary nitrogens is 1. The lowest BCUT2D eigenvalue weighted by molar-refractivity contribution is -0.929. The summed E-state index contributed by atoms with van der Waals surface area (Å²) in [6.07, 6.45) is 0.836. The van der Waals surface area contributed by atoms with Crippen LogP contribution in [0.15, 0.2) is 36.4 Å². The van der Waals surface area contributed by atoms with E-state index in [0.29, 0.717) is 18.0 Å². The minimum absolute atomic E-state index is 0.154. The zero-order valence-electron chi connectivity index (χ0n) is 18.7. The minimum Gasteiger partial charge on any atom is -0.493 e. The van der Waals surface area contributed by atoms with Gasteiger partial charge in [0, 0.05) is 22.9 Å². The fourth-order valence-electron chi connectivity index (χ4n) is 4.30. The lowest BCUT2D eigenvalue weighted by Gasteiger charge is -2.30. The number of hydrogen-bond acceptors (Lipinski definition) is 5. The van der Waals surface area contributed by atoms with E-state index in [-0.39, 0.29) is 17.6 Å². The second-order valence-corrected chi connectivity index (χ2v) is 7.93. The molecule has 1 amide bonds. The number of carbonyl (C=O) groups excluding carboxylic acids is 2. The van der Waals surface area contributed by atoms with Gasteiger partial charge in [-0.1, -0.05) is 18.2 Å². The molecule has 3 N–H and O–H groups in total. The summed E-state index contributed by atoms with van der Waals surface area (Å²) in [4.78, 5) is 29.7. The monoisotopic (exact) mass is 438 g/mol. The first-order chi connectivity index (χ1) is 15.5. The standard InChI is InChI=1S/C24H27N3O5/c1-14(27-10-9-15-11-19(30-2)20(31-3)12-16(15)13-27)23(28)26-21-17-7-5-6-8-18(17)25-22(21)24(29)32-4/h5-8,11-12,14,25H,9-10,13H2,1-4H3,(H,26,28)/p+1/t14-/m1/s1. The van der Waals surface area contributed by atoms with Crippen molar-refractivity contribution in [3.63, 3.8) is 0 Å². The van der Waals surface area contributed by atoms with Crippen LogP contribution in [0.2, 0.25) is 0 Å². The molecule has 2 heterocycles. The van der Waals surface area contributed by atoms with E-state index in [0.717, 1.165) is 40.1 Å². The summed E-state index contributed by atoms with van der Waals surface area (Å²) in [6, 6.07) is 11.1. The highest BCUT2D eigenvalue weighted by molar-refractivity contribution is 6.11. The van der Waals surface area contributed by atoms with Crippen LogP contribution in [-0.2, 0) is 22.5 Å². The van der Waals surface area contributed by atoms with E-state index in [9.17, 15) is 9.59 Å². The molecule has 32 heavy (non-hydrogen) atoms. The third-order valence-electron chi connectivity index (χ3n) is 6.19. The molecule has 2 atom stereocenters. The van der Waals surface area contributed by atoms with Gasteiger partial charge in [-0.3, -0.25) is 4.79 Å². The van der Waals surface area contributed by atoms with E-state index in [1.54, 1.807) is 14.2 Å². The van der Waals surface area contributed by atoms with Gasteiger partial charge < -0.3 is 29.4 Å². The number of amides is 1. The Hall–Kier alpha value is -3.52. The largest absolute Gasteiger partial charge is 0.493 e. The summed E-state index contributed by atoms with van der Waals surface area (Å²) in [7, 11) is 4.57. The Morgan fingerprint density at radius 1 is 1.06 bits per heavy atom. The molecule has 0 saturated carbocycles. The minimum atomic E-state index is -0.524. The van der Waals surface area contributed by atoms with Crippen LogP contribution >= 0.6 is 0 Å². The highest BCUT2D eigenvalue weighted by Gasteiger charge is 2.31. The number of aromatic nitrogens is 1. The molecule has 1 aromatic heterocycles. The van der Waals surface area contributed by atoms with Crippen LogP contribution < -0.4 is 19.7 Å². The lowest BCUT2D eigenvalue weighted by atomic mass is 9.97. The first-order valence-electron chi connectivity index (χ1n) is 10.5. The Bertz CT molecular complexity index is 1170. The fourth-order valence-corrected chi connectivity index (χ4v) is 4.30. The zero-order chi connectivity index (χ0) is 22.8. The molecule has 2 aromatic carbocycles. The zero-order valence-corrected chi connectivity index (χ0v) is 18.7. The maximum Gasteiger partial charge on any atom is 0.356 e. The lowest BCUT2D eigenvalue weighted by Crippen LogP contribution is -3.16. The molecule has 0 spiro atoms. The average molecular weight is 439 g/mol. The van der Waals surface area contributed by atoms with E-state index >= 15 is 0 Å². The molecule has 1 aliphatic rings. The predicted molar refractivity (Wildman–Crippen MR) is 121 cm³/mol. The number of carbonyl (C=O) groups is 2. The van der Waals surface area contributed by atoms with E-state index in [4.69, 9.17) is 14.2 Å². The Labute approximate surface area is 186 Å². The summed E-state index contributed by atoms with van der Waals surface area (Å²) >= 11 is 0. The molecular weight excluding hydrogens is 410 g/mol. The SMILES string of the molecule is COC(=O)c1[nH]c2ccccc2c1NC(=O)[C@@H](C)[NH+]1CCc2cc(OC)c(OC)cc2C1. The number of anilines is 1. The van der Waals surface area contributed by atoms with Crippen LogP contribution in [0, 0.1) is 0 Å². The molecule has 0 radical (unpaired) electrons. The molecule has 8 nitrogen and oxygen atoms in total. The number of H-pyrrole nitrogens is 1. The highest BCUT2D eigenvalue weighted by Crippen LogP contribution is 2.31. The van der Waals surface area contributed by atoms with Crippen molar-refractivity contribution in [2.45, 2.75) is 25.9 Å². The van der Waals surface area contributed by atoms with Gasteiger partial charge in [-0.25, -0.2) is 4.79 Å². The van der Waals surface area contributed by atoms with Gasteiger partial charge in [0.1, 0.15) is 12.2 Å². The molecule has 0 saturated heterocycles. The first-order valence-corrected chi connectivity index (χ1v) is 10.5. The van der Waals surface area contributed by atoms with Gasteiger partial charge in [0.25, 0.3) is 5.91 Å². The number of benzene rings is 2. The van der Waals surface area contributed by atoms with Crippen molar-refractivity contribution in [1.82, 2.24) is 4.98 Å². The van der Waals surface area contributed by atoms with Gasteiger partial charge in [-0.15, -0.1) is 0 Å². The van der Waals surface area contributed by atoms with Crippen molar-refractivity contribution in [1.29, 1.82) is 0 Å². The molecule has 8 heteroatoms. The van der Waals surface area contributed by atoms with E-state index in [1.807, 2.05) is 43.3 Å². The summed E-state index contributed by atoms with van der Waals surface area (Å²) in [5.41, 5.74) is 3.81. The van der Waals surface area contributed by atoms with Crippen molar-refractivity contribution in [3.05, 3.63) is 53.2 Å². The second-order valence-electron chi connectivity index (χ2n) is 7.93. The Balaban J connectivity index is 1.56. The van der Waals surface area contributed by atoms with Gasteiger partial charge in [-0.05, 0) is 30.7 Å². The van der Waals surface area contributed by atoms with E-state index in [2.05, 4.69) is 10.3 Å². The number of methoxy groups -OCH3 is 3. The fraction of sp³-hybridized carbons (Fsp3) is 0.333. The second kappa shape index (κ2) is 8.92. The summed E-state index contributed by atoms with van der Waals surface area (Å²) < 4.78 is 15.7. The molecule has 4 rings (SSSR count). The summed E-state index contributed by atoms with van der Waals surface area (Å²) in [5.74, 6) is 0.726. The quantitative estimate of drug-likeness (QED) is 0.512. The number of para-hydroxylation sites is 1. The topological polar surface area (TPSA) is 94.1 Å². The van der Waals surface area contributed by atoms with Crippen LogP contribution in [0.25, 0.3) is 10.9 Å². The summed E-state index contributed by atoms with van der Waals surface area (Å²) in [6.45, 7) is 3.42. The van der Waals surface area contributed by atoms with Crippen LogP contribution in [0.5, 0.6) is 11.5 Å². The molecular formula is C24H28N3O5+. The maximum absolute atomic E-state index is 13.2. The van der Waals surface area contributed by atoms with Crippen LogP contribution in [0.1, 0.15) is 28.5 Å². The van der Waals surface area contributed by atoms with Crippen molar-refractivity contribution in [3.8, 4) is 11.5 Å². The molecule has 1 unspecified atom stereocenters. The number of fused-ring (bicyclic) bond motifs is 2. The molecule has 3 aromatic rings. The maximum atomic E-state index is 13.2. The van der Waals surface area contributed by atoms with Crippen LogP contribution in [-0.4, -0.2) is 50.8 Å². The van der Waals surface area contributed by atoms with Crippen molar-refractivity contribution in [2.24, 2.45) is 0 Å². The predicted octanol–water partition coefficient (Wildman–Crippen LogP) is 1.94. The molecule has 168 valence electrons. The molecule has 0 bridgehead atoms. The van der Waals surface area contributed by atoms with Gasteiger partial charge in [0.2, 0.25) is 0 Å². The Morgan fingerprint density at radius 3 is 2.44 bits per heavy atom. The third-order valence-corrected chi connectivity index (χ3v) is 6.19. The smallest absolute Gasteiger partial charge is 0.356 e. The molecule has 0 aliphatic carbocycles. The highest BCUT2D eigenvalue weighted by atomic mass is 16.5. The van der Waals surface area contributed by atoms with Crippen molar-refractivity contribution in [2.75, 3.05) is 33.2 Å². The first kappa shape index (κ1) is 21.7. The van der Waals surface area contributed by atoms with E-state index < -0.39 is 5.97 Å². The number of rotatable bonds is 6. The Kier molecular flexibility index (Phi) is 6.05. The number of aromatic amines is 1. The average Bonchev–Trinajstić information content (AvgIpc) is 3.19. The van der Waals surface area contributed by atoms with Gasteiger partial charge in [0.15, 0.2) is 17.5 Å². The van der Waals surface area contributed by atoms with Gasteiger partial charge in [0.05, 0.1) is 33.6 Å². The summed E-state index contributed by atoms with van der Waals surface area (Å²) in [5, 5.41) is 3.74. The van der Waals surface area contributed by atoms with Gasteiger partial charge >= 0.3 is 5.97 Å².